The van der Waals surface area contributed by atoms with Gasteiger partial charge >= 0.3 is 5.97 Å². The summed E-state index contributed by atoms with van der Waals surface area (Å²) in [7, 11) is 0. The number of allylic oxidation sites excluding steroid dienone is 9. The van der Waals surface area contributed by atoms with Crippen molar-refractivity contribution in [2.45, 2.75) is 386 Å². The fourth-order valence-corrected chi connectivity index (χ4v) is 10.8. The van der Waals surface area contributed by atoms with Gasteiger partial charge in [-0.1, -0.05) is 331 Å². The van der Waals surface area contributed by atoms with Crippen molar-refractivity contribution < 1.29 is 24.5 Å². The maximum Gasteiger partial charge on any atom is 0.305 e. The molecule has 0 aliphatic carbocycles. The molecule has 2 atom stereocenters. The van der Waals surface area contributed by atoms with Crippen LogP contribution in [-0.2, 0) is 14.3 Å². The van der Waals surface area contributed by atoms with E-state index in [-0.39, 0.29) is 18.5 Å². The van der Waals surface area contributed by atoms with Crippen molar-refractivity contribution in [2.24, 2.45) is 0 Å². The molecule has 6 nitrogen and oxygen atoms in total. The van der Waals surface area contributed by atoms with Crippen molar-refractivity contribution in [3.8, 4) is 0 Å². The Morgan fingerprint density at radius 2 is 0.637 bits per heavy atom. The summed E-state index contributed by atoms with van der Waals surface area (Å²) in [5, 5.41) is 23.0. The average Bonchev–Trinajstić information content (AvgIpc) is 3.46. The van der Waals surface area contributed by atoms with E-state index in [1.165, 1.54) is 289 Å². The van der Waals surface area contributed by atoms with E-state index in [1.807, 2.05) is 6.08 Å². The first kappa shape index (κ1) is 77.6. The van der Waals surface area contributed by atoms with Gasteiger partial charge in [-0.2, -0.15) is 0 Å². The number of hydrogen-bond donors (Lipinski definition) is 3. The molecule has 0 aromatic heterocycles. The number of rotatable bonds is 66. The Balaban J connectivity index is 3.35. The third-order valence-corrected chi connectivity index (χ3v) is 16.3. The third kappa shape index (κ3) is 64.7. The molecular weight excluding hydrogens is 983 g/mol. The topological polar surface area (TPSA) is 95.9 Å². The van der Waals surface area contributed by atoms with Crippen LogP contribution < -0.4 is 5.32 Å². The van der Waals surface area contributed by atoms with E-state index in [9.17, 15) is 19.8 Å². The quantitative estimate of drug-likeness (QED) is 0.0320. The molecule has 0 heterocycles. The van der Waals surface area contributed by atoms with Gasteiger partial charge in [0.1, 0.15) is 0 Å². The van der Waals surface area contributed by atoms with E-state index in [4.69, 9.17) is 4.74 Å². The van der Waals surface area contributed by atoms with Gasteiger partial charge in [0, 0.05) is 12.8 Å². The van der Waals surface area contributed by atoms with Crippen LogP contribution in [0.1, 0.15) is 373 Å². The van der Waals surface area contributed by atoms with Crippen molar-refractivity contribution in [1.82, 2.24) is 5.32 Å². The maximum absolute atomic E-state index is 12.4. The number of carbonyl (C=O) groups excluding carboxylic acids is 2. The van der Waals surface area contributed by atoms with E-state index in [2.05, 4.69) is 67.8 Å². The van der Waals surface area contributed by atoms with Crippen molar-refractivity contribution in [3.05, 3.63) is 60.8 Å². The number of aliphatic hydroxyl groups excluding tert-OH is 2. The number of ether oxygens (including phenoxy) is 1. The van der Waals surface area contributed by atoms with Crippen LogP contribution in [0.3, 0.4) is 0 Å². The molecule has 0 rings (SSSR count). The molecule has 80 heavy (non-hydrogen) atoms. The second-order valence-corrected chi connectivity index (χ2v) is 24.2. The minimum Gasteiger partial charge on any atom is -0.466 e. The lowest BCUT2D eigenvalue weighted by Crippen LogP contribution is -2.45. The second-order valence-electron chi connectivity index (χ2n) is 24.2. The number of amides is 1. The van der Waals surface area contributed by atoms with Gasteiger partial charge in [-0.15, -0.1) is 0 Å². The predicted octanol–water partition coefficient (Wildman–Crippen LogP) is 23.0. The molecule has 0 saturated heterocycles. The number of nitrogens with one attached hydrogen (secondary N) is 1. The minimum atomic E-state index is -0.841. The standard InChI is InChI=1S/C74H137NO5/c1-3-5-7-9-11-13-15-16-45-48-52-56-60-64-68-74(79)80-69-65-61-57-53-49-46-43-41-39-37-35-33-31-29-27-25-23-21-19-17-18-20-22-24-26-28-30-32-34-36-38-40-42-44-47-51-55-59-63-67-73(78)75-71(70-76)72(77)66-62-58-54-50-14-12-10-8-6-4-2/h9,11,15-18,21,23,62,66,71-72,76-77H,3-8,10,12-14,19-20,22,24-61,63-65,67-70H2,1-2H3,(H,75,78)/b11-9-,16-15-,18-17-,23-21-,66-62+. The molecule has 468 valence electrons. The summed E-state index contributed by atoms with van der Waals surface area (Å²) in [6, 6.07) is -0.624. The number of hydrogen-bond acceptors (Lipinski definition) is 5. The van der Waals surface area contributed by atoms with Crippen molar-refractivity contribution in [2.75, 3.05) is 13.2 Å². The van der Waals surface area contributed by atoms with Gasteiger partial charge in [0.25, 0.3) is 0 Å². The fourth-order valence-electron chi connectivity index (χ4n) is 10.8. The van der Waals surface area contributed by atoms with E-state index >= 15 is 0 Å². The van der Waals surface area contributed by atoms with E-state index < -0.39 is 12.1 Å². The largest absolute Gasteiger partial charge is 0.466 e. The van der Waals surface area contributed by atoms with Gasteiger partial charge in [-0.25, -0.2) is 0 Å². The first-order valence-electron chi connectivity index (χ1n) is 35.6. The van der Waals surface area contributed by atoms with Crippen LogP contribution in [0.15, 0.2) is 60.8 Å². The summed E-state index contributed by atoms with van der Waals surface area (Å²) in [5.41, 5.74) is 0. The highest BCUT2D eigenvalue weighted by Gasteiger charge is 2.18. The third-order valence-electron chi connectivity index (χ3n) is 16.3. The second kappa shape index (κ2) is 69.1. The lowest BCUT2D eigenvalue weighted by molar-refractivity contribution is -0.143. The Labute approximate surface area is 499 Å². The predicted molar refractivity (Wildman–Crippen MR) is 352 cm³/mol. The first-order chi connectivity index (χ1) is 39.5. The van der Waals surface area contributed by atoms with Crippen LogP contribution in [0.5, 0.6) is 0 Å². The molecule has 0 aliphatic rings. The zero-order valence-electron chi connectivity index (χ0n) is 53.6. The molecule has 0 bridgehead atoms. The van der Waals surface area contributed by atoms with Crippen molar-refractivity contribution >= 4 is 11.9 Å². The Hall–Kier alpha value is -2.44. The average molecular weight is 1120 g/mol. The molecule has 0 aliphatic heterocycles. The summed E-state index contributed by atoms with van der Waals surface area (Å²) < 4.78 is 5.48. The smallest absolute Gasteiger partial charge is 0.305 e. The van der Waals surface area contributed by atoms with E-state index in [0.29, 0.717) is 19.4 Å². The lowest BCUT2D eigenvalue weighted by Gasteiger charge is -2.20. The Bertz CT molecular complexity index is 1380. The normalized spacial score (nSPS) is 12.9. The highest BCUT2D eigenvalue weighted by Crippen LogP contribution is 2.18. The Morgan fingerprint density at radius 1 is 0.350 bits per heavy atom. The van der Waals surface area contributed by atoms with Crippen LogP contribution in [0.2, 0.25) is 0 Å². The molecule has 3 N–H and O–H groups in total. The fraction of sp³-hybridized carbons (Fsp3) is 0.838. The van der Waals surface area contributed by atoms with Crippen LogP contribution >= 0.6 is 0 Å². The highest BCUT2D eigenvalue weighted by atomic mass is 16.5. The number of carbonyl (C=O) groups is 2. The van der Waals surface area contributed by atoms with E-state index in [0.717, 1.165) is 57.8 Å². The molecule has 0 aromatic carbocycles. The molecular formula is C74H137NO5. The first-order valence-corrected chi connectivity index (χ1v) is 35.6. The highest BCUT2D eigenvalue weighted by molar-refractivity contribution is 5.76. The molecule has 0 saturated carbocycles. The lowest BCUT2D eigenvalue weighted by atomic mass is 10.0. The van der Waals surface area contributed by atoms with Crippen LogP contribution in [-0.4, -0.2) is 47.4 Å². The van der Waals surface area contributed by atoms with Crippen LogP contribution in [0.4, 0.5) is 0 Å². The van der Waals surface area contributed by atoms with Gasteiger partial charge < -0.3 is 20.3 Å². The Kier molecular flexibility index (Phi) is 66.9. The summed E-state index contributed by atoms with van der Waals surface area (Å²) in [6.45, 7) is 4.85. The van der Waals surface area contributed by atoms with Gasteiger partial charge in [0.05, 0.1) is 25.4 Å². The Morgan fingerprint density at radius 3 is 0.988 bits per heavy atom. The molecule has 1 amide bonds. The van der Waals surface area contributed by atoms with Gasteiger partial charge in [0.2, 0.25) is 5.91 Å². The van der Waals surface area contributed by atoms with Gasteiger partial charge in [-0.05, 0) is 89.9 Å². The van der Waals surface area contributed by atoms with Crippen LogP contribution in [0.25, 0.3) is 0 Å². The zero-order valence-corrected chi connectivity index (χ0v) is 53.6. The molecule has 0 aromatic rings. The summed E-state index contributed by atoms with van der Waals surface area (Å²) >= 11 is 0. The van der Waals surface area contributed by atoms with Gasteiger partial charge in [0.15, 0.2) is 0 Å². The molecule has 0 spiro atoms. The van der Waals surface area contributed by atoms with Crippen LogP contribution in [0, 0.1) is 0 Å². The number of esters is 1. The number of aliphatic hydroxyl groups is 2. The van der Waals surface area contributed by atoms with E-state index in [1.54, 1.807) is 6.08 Å². The minimum absolute atomic E-state index is 0.00514. The zero-order chi connectivity index (χ0) is 57.8. The summed E-state index contributed by atoms with van der Waals surface area (Å²) in [4.78, 5) is 24.5. The molecule has 6 heteroatoms. The van der Waals surface area contributed by atoms with Gasteiger partial charge in [-0.3, -0.25) is 9.59 Å². The molecule has 2 unspecified atom stereocenters. The monoisotopic (exact) mass is 1120 g/mol. The summed E-state index contributed by atoms with van der Waals surface area (Å²) in [5.74, 6) is -0.0610. The van der Waals surface area contributed by atoms with Crippen molar-refractivity contribution in [1.29, 1.82) is 0 Å². The van der Waals surface area contributed by atoms with Crippen molar-refractivity contribution in [3.63, 3.8) is 0 Å². The SMILES string of the molecule is CCCC/C=C\C/C=C\CCCCCCCC(=O)OCCCCCCCCCCCCCCCCC/C=C\C/C=C\CCCCCCCCCCCCCCCCCCCC(=O)NC(CO)C(O)/C=C/CCCCCCCCCC. The maximum atomic E-state index is 12.4. The summed E-state index contributed by atoms with van der Waals surface area (Å²) in [6.07, 6.45) is 91.9. The number of unbranched alkanes of at least 4 members (excludes halogenated alkanes) is 47. The molecule has 0 radical (unpaired) electrons. The molecule has 0 fully saturated rings.